The van der Waals surface area contributed by atoms with Gasteiger partial charge in [0.25, 0.3) is 0 Å². The first-order chi connectivity index (χ1) is 7.15. The highest BCUT2D eigenvalue weighted by atomic mass is 16.5. The summed E-state index contributed by atoms with van der Waals surface area (Å²) in [4.78, 5) is 14.1. The van der Waals surface area contributed by atoms with Gasteiger partial charge in [-0.2, -0.15) is 0 Å². The highest BCUT2D eigenvalue weighted by Crippen LogP contribution is 2.37. The van der Waals surface area contributed by atoms with Gasteiger partial charge in [0.05, 0.1) is 5.60 Å². The highest BCUT2D eigenvalue weighted by Gasteiger charge is 2.46. The Balaban J connectivity index is 1.97. The second kappa shape index (κ2) is 4.22. The van der Waals surface area contributed by atoms with Gasteiger partial charge in [0.15, 0.2) is 5.78 Å². The van der Waals surface area contributed by atoms with E-state index in [9.17, 15) is 4.79 Å². The normalized spacial score (nSPS) is 31.3. The number of likely N-dealkylation sites (tertiary alicyclic amines) is 1. The molecule has 86 valence electrons. The number of ether oxygens (including phenoxy) is 1. The molecule has 2 heterocycles. The molecule has 15 heavy (non-hydrogen) atoms. The minimum Gasteiger partial charge on any atom is -0.363 e. The Hall–Kier alpha value is -0.410. The number of ketones is 1. The lowest BCUT2D eigenvalue weighted by atomic mass is 9.88. The number of piperidine rings is 1. The molecular weight excluding hydrogens is 190 g/mol. The number of carbonyl (C=O) groups excluding carboxylic acids is 1. The molecule has 2 aliphatic heterocycles. The molecule has 0 saturated carbocycles. The van der Waals surface area contributed by atoms with E-state index in [1.54, 1.807) is 0 Å². The molecule has 0 N–H and O–H groups in total. The van der Waals surface area contributed by atoms with Crippen LogP contribution in [0.3, 0.4) is 0 Å². The quantitative estimate of drug-likeness (QED) is 0.695. The van der Waals surface area contributed by atoms with Gasteiger partial charge in [0.1, 0.15) is 6.10 Å². The van der Waals surface area contributed by atoms with Gasteiger partial charge >= 0.3 is 0 Å². The molecule has 2 saturated heterocycles. The van der Waals surface area contributed by atoms with Crippen molar-refractivity contribution < 1.29 is 9.53 Å². The number of carbonyl (C=O) groups is 1. The zero-order chi connectivity index (χ0) is 10.9. The van der Waals surface area contributed by atoms with Gasteiger partial charge in [-0.15, -0.1) is 0 Å². The third-order valence-corrected chi connectivity index (χ3v) is 3.70. The molecule has 0 aromatic rings. The predicted molar refractivity (Wildman–Crippen MR) is 58.9 cm³/mol. The molecular formula is C12H21NO2. The van der Waals surface area contributed by atoms with Crippen molar-refractivity contribution in [2.45, 2.75) is 50.7 Å². The van der Waals surface area contributed by atoms with Crippen molar-refractivity contribution in [2.24, 2.45) is 0 Å². The summed E-state index contributed by atoms with van der Waals surface area (Å²) in [5.41, 5.74) is -0.0938. The fourth-order valence-electron chi connectivity index (χ4n) is 2.64. The molecule has 1 atom stereocenters. The largest absolute Gasteiger partial charge is 0.363 e. The Morgan fingerprint density at radius 1 is 1.47 bits per heavy atom. The molecule has 0 amide bonds. The summed E-state index contributed by atoms with van der Waals surface area (Å²) >= 11 is 0. The van der Waals surface area contributed by atoms with Crippen LogP contribution < -0.4 is 0 Å². The predicted octanol–water partition coefficient (Wildman–Crippen LogP) is 1.61. The molecule has 1 spiro atoms. The van der Waals surface area contributed by atoms with E-state index in [0.717, 1.165) is 38.8 Å². The third-order valence-electron chi connectivity index (χ3n) is 3.70. The average Bonchev–Trinajstić information content (AvgIpc) is 2.50. The van der Waals surface area contributed by atoms with Gasteiger partial charge in [-0.1, -0.05) is 13.3 Å². The van der Waals surface area contributed by atoms with Crippen molar-refractivity contribution in [3.05, 3.63) is 0 Å². The standard InChI is InChI=1S/C12H21NO2/c1-3-4-11-10(14)9-12(15-11)5-7-13(2)8-6-12/h11H,3-9H2,1-2H3. The number of Topliss-reactive ketones (excluding diaryl/α,β-unsaturated/α-hetero) is 1. The zero-order valence-electron chi connectivity index (χ0n) is 9.79. The minimum absolute atomic E-state index is 0.0938. The zero-order valence-corrected chi connectivity index (χ0v) is 9.79. The molecule has 0 bridgehead atoms. The Kier molecular flexibility index (Phi) is 3.12. The first kappa shape index (κ1) is 11.1. The number of rotatable bonds is 2. The van der Waals surface area contributed by atoms with Crippen LogP contribution in [0.1, 0.15) is 39.0 Å². The van der Waals surface area contributed by atoms with E-state index in [1.807, 2.05) is 0 Å². The van der Waals surface area contributed by atoms with E-state index in [-0.39, 0.29) is 11.7 Å². The summed E-state index contributed by atoms with van der Waals surface area (Å²) < 4.78 is 6.01. The van der Waals surface area contributed by atoms with E-state index >= 15 is 0 Å². The molecule has 2 rings (SSSR count). The molecule has 3 nitrogen and oxygen atoms in total. The number of hydrogen-bond acceptors (Lipinski definition) is 3. The maximum Gasteiger partial charge on any atom is 0.164 e. The highest BCUT2D eigenvalue weighted by molar-refractivity contribution is 5.86. The fourth-order valence-corrected chi connectivity index (χ4v) is 2.64. The summed E-state index contributed by atoms with van der Waals surface area (Å²) in [6.07, 6.45) is 4.54. The van der Waals surface area contributed by atoms with Crippen LogP contribution in [-0.4, -0.2) is 42.5 Å². The first-order valence-corrected chi connectivity index (χ1v) is 6.04. The SMILES string of the molecule is CCCC1OC2(CCN(C)CC2)CC1=O. The van der Waals surface area contributed by atoms with Crippen molar-refractivity contribution in [1.29, 1.82) is 0 Å². The maximum atomic E-state index is 11.8. The lowest BCUT2D eigenvalue weighted by Crippen LogP contribution is -2.42. The van der Waals surface area contributed by atoms with Crippen LogP contribution >= 0.6 is 0 Å². The van der Waals surface area contributed by atoms with Gasteiger partial charge < -0.3 is 9.64 Å². The van der Waals surface area contributed by atoms with Crippen molar-refractivity contribution in [3.63, 3.8) is 0 Å². The molecule has 3 heteroatoms. The van der Waals surface area contributed by atoms with Crippen molar-refractivity contribution in [2.75, 3.05) is 20.1 Å². The van der Waals surface area contributed by atoms with E-state index in [1.165, 1.54) is 0 Å². The summed E-state index contributed by atoms with van der Waals surface area (Å²) in [5, 5.41) is 0. The fraction of sp³-hybridized carbons (Fsp3) is 0.917. The molecule has 2 aliphatic rings. The van der Waals surface area contributed by atoms with Crippen LogP contribution in [0.5, 0.6) is 0 Å². The second-order valence-corrected chi connectivity index (χ2v) is 5.02. The topological polar surface area (TPSA) is 29.5 Å². The van der Waals surface area contributed by atoms with Crippen LogP contribution in [0.4, 0.5) is 0 Å². The first-order valence-electron chi connectivity index (χ1n) is 6.04. The van der Waals surface area contributed by atoms with Gasteiger partial charge in [-0.25, -0.2) is 0 Å². The smallest absolute Gasteiger partial charge is 0.164 e. The number of hydrogen-bond donors (Lipinski definition) is 0. The molecule has 0 aromatic heterocycles. The van der Waals surface area contributed by atoms with Crippen molar-refractivity contribution in [1.82, 2.24) is 4.90 Å². The van der Waals surface area contributed by atoms with Gasteiger partial charge in [-0.05, 0) is 26.3 Å². The van der Waals surface area contributed by atoms with Crippen LogP contribution in [-0.2, 0) is 9.53 Å². The van der Waals surface area contributed by atoms with Crippen LogP contribution in [0.15, 0.2) is 0 Å². The number of nitrogens with zero attached hydrogens (tertiary/aromatic N) is 1. The average molecular weight is 211 g/mol. The van der Waals surface area contributed by atoms with Crippen molar-refractivity contribution in [3.8, 4) is 0 Å². The van der Waals surface area contributed by atoms with E-state index in [4.69, 9.17) is 4.74 Å². The van der Waals surface area contributed by atoms with Crippen LogP contribution in [0.25, 0.3) is 0 Å². The van der Waals surface area contributed by atoms with Gasteiger partial charge in [0.2, 0.25) is 0 Å². The van der Waals surface area contributed by atoms with Gasteiger partial charge in [0, 0.05) is 19.5 Å². The molecule has 1 unspecified atom stereocenters. The summed E-state index contributed by atoms with van der Waals surface area (Å²) in [6, 6.07) is 0. The molecule has 0 aliphatic carbocycles. The third kappa shape index (κ3) is 2.23. The van der Waals surface area contributed by atoms with Crippen molar-refractivity contribution >= 4 is 5.78 Å². The monoisotopic (exact) mass is 211 g/mol. The maximum absolute atomic E-state index is 11.8. The van der Waals surface area contributed by atoms with E-state index in [0.29, 0.717) is 12.2 Å². The Morgan fingerprint density at radius 3 is 2.73 bits per heavy atom. The summed E-state index contributed by atoms with van der Waals surface area (Å²) in [5.74, 6) is 0.335. The minimum atomic E-state index is -0.0987. The molecule has 0 radical (unpaired) electrons. The van der Waals surface area contributed by atoms with E-state index in [2.05, 4.69) is 18.9 Å². The van der Waals surface area contributed by atoms with Crippen LogP contribution in [0, 0.1) is 0 Å². The van der Waals surface area contributed by atoms with E-state index < -0.39 is 0 Å². The summed E-state index contributed by atoms with van der Waals surface area (Å²) in [6.45, 7) is 4.23. The Labute approximate surface area is 91.8 Å². The lowest BCUT2D eigenvalue weighted by Gasteiger charge is -2.36. The second-order valence-electron chi connectivity index (χ2n) is 5.02. The summed E-state index contributed by atoms with van der Waals surface area (Å²) in [7, 11) is 2.13. The van der Waals surface area contributed by atoms with Gasteiger partial charge in [-0.3, -0.25) is 4.79 Å². The Bertz CT molecular complexity index is 244. The molecule has 0 aromatic carbocycles. The molecule has 2 fully saturated rings. The van der Waals surface area contributed by atoms with Crippen LogP contribution in [0.2, 0.25) is 0 Å². The Morgan fingerprint density at radius 2 is 2.13 bits per heavy atom. The lowest BCUT2D eigenvalue weighted by molar-refractivity contribution is -0.124.